The molecule has 106 valence electrons. The lowest BCUT2D eigenvalue weighted by molar-refractivity contribution is -0.146. The lowest BCUT2D eigenvalue weighted by Gasteiger charge is -2.56. The van der Waals surface area contributed by atoms with Crippen LogP contribution in [-0.4, -0.2) is 11.6 Å². The van der Waals surface area contributed by atoms with Gasteiger partial charge in [0.15, 0.2) is 0 Å². The van der Waals surface area contributed by atoms with Gasteiger partial charge in [-0.25, -0.2) is 0 Å². The third-order valence-corrected chi connectivity index (χ3v) is 5.80. The first-order valence-electron chi connectivity index (χ1n) is 8.16. The zero-order valence-corrected chi connectivity index (χ0v) is 12.1. The summed E-state index contributed by atoms with van der Waals surface area (Å²) in [5, 5.41) is 0. The Morgan fingerprint density at radius 2 is 1.53 bits per heavy atom. The lowest BCUT2D eigenvalue weighted by atomic mass is 9.48. The van der Waals surface area contributed by atoms with E-state index in [2.05, 4.69) is 6.92 Å². The molecule has 0 atom stereocenters. The maximum absolute atomic E-state index is 12.6. The average Bonchev–Trinajstić information content (AvgIpc) is 2.34. The van der Waals surface area contributed by atoms with Gasteiger partial charge in [0.1, 0.15) is 11.6 Å². The van der Waals surface area contributed by atoms with Crippen LogP contribution in [0.15, 0.2) is 0 Å². The summed E-state index contributed by atoms with van der Waals surface area (Å²) in [5.74, 6) is 2.86. The zero-order valence-electron chi connectivity index (χ0n) is 12.1. The number of hydrogen-bond donors (Lipinski definition) is 0. The molecule has 0 aromatic carbocycles. The second kappa shape index (κ2) is 5.03. The van der Waals surface area contributed by atoms with Crippen molar-refractivity contribution in [2.75, 3.05) is 0 Å². The minimum absolute atomic E-state index is 0.0728. The normalized spacial score (nSPS) is 39.5. The highest BCUT2D eigenvalue weighted by molar-refractivity contribution is 6.01. The second-order valence-corrected chi connectivity index (χ2v) is 7.44. The number of rotatable bonds is 6. The van der Waals surface area contributed by atoms with Crippen LogP contribution in [-0.2, 0) is 9.59 Å². The first kappa shape index (κ1) is 13.3. The highest BCUT2D eigenvalue weighted by Crippen LogP contribution is 2.60. The monoisotopic (exact) mass is 262 g/mol. The fourth-order valence-electron chi connectivity index (χ4n) is 5.28. The predicted octanol–water partition coefficient (Wildman–Crippen LogP) is 3.92. The maximum Gasteiger partial charge on any atom is 0.146 e. The molecule has 0 saturated heterocycles. The molecule has 2 heteroatoms. The third-order valence-electron chi connectivity index (χ3n) is 5.80. The van der Waals surface area contributed by atoms with Gasteiger partial charge in [0.2, 0.25) is 0 Å². The summed E-state index contributed by atoms with van der Waals surface area (Å²) >= 11 is 0. The van der Waals surface area contributed by atoms with Crippen LogP contribution in [0.1, 0.15) is 71.1 Å². The van der Waals surface area contributed by atoms with Crippen LogP contribution in [0.25, 0.3) is 0 Å². The van der Waals surface area contributed by atoms with Gasteiger partial charge in [-0.15, -0.1) is 0 Å². The number of unbranched alkanes of at least 4 members (excludes halogenated alkanes) is 1. The van der Waals surface area contributed by atoms with E-state index in [1.807, 2.05) is 0 Å². The fraction of sp³-hybridized carbons (Fsp3) is 0.882. The molecular formula is C17H26O2. The molecule has 0 N–H and O–H groups in total. The van der Waals surface area contributed by atoms with E-state index in [9.17, 15) is 9.59 Å². The molecule has 4 fully saturated rings. The van der Waals surface area contributed by atoms with Crippen LogP contribution in [0, 0.1) is 23.2 Å². The number of ketones is 2. The highest BCUT2D eigenvalue weighted by atomic mass is 16.1. The van der Waals surface area contributed by atoms with Gasteiger partial charge in [-0.1, -0.05) is 13.3 Å². The molecule has 0 aliphatic heterocycles. The van der Waals surface area contributed by atoms with Crippen LogP contribution < -0.4 is 0 Å². The van der Waals surface area contributed by atoms with Gasteiger partial charge in [-0.05, 0) is 62.7 Å². The van der Waals surface area contributed by atoms with Gasteiger partial charge in [0.25, 0.3) is 0 Å². The molecule has 4 aliphatic carbocycles. The molecular weight excluding hydrogens is 236 g/mol. The maximum atomic E-state index is 12.6. The summed E-state index contributed by atoms with van der Waals surface area (Å²) < 4.78 is 0. The van der Waals surface area contributed by atoms with Gasteiger partial charge >= 0.3 is 0 Å². The number of hydrogen-bond acceptors (Lipinski definition) is 2. The highest BCUT2D eigenvalue weighted by Gasteiger charge is 2.54. The molecule has 0 unspecified atom stereocenters. The van der Waals surface area contributed by atoms with E-state index in [-0.39, 0.29) is 17.6 Å². The van der Waals surface area contributed by atoms with Crippen LogP contribution in [0.2, 0.25) is 0 Å². The van der Waals surface area contributed by atoms with Gasteiger partial charge in [-0.3, -0.25) is 9.59 Å². The Labute approximate surface area is 116 Å². The molecule has 0 spiro atoms. The minimum atomic E-state index is -0.0728. The fourth-order valence-corrected chi connectivity index (χ4v) is 5.28. The standard InChI is InChI=1S/C17H26O2/c1-2-3-4-15(18)8-16(19)17-9-12-5-13(10-17)7-14(6-12)11-17/h12-14H,2-11H2,1H3. The molecule has 0 radical (unpaired) electrons. The summed E-state index contributed by atoms with van der Waals surface area (Å²) in [6.07, 6.45) is 10.2. The Hall–Kier alpha value is -0.660. The van der Waals surface area contributed by atoms with Crippen LogP contribution in [0.5, 0.6) is 0 Å². The van der Waals surface area contributed by atoms with Crippen LogP contribution in [0.3, 0.4) is 0 Å². The van der Waals surface area contributed by atoms with Crippen molar-refractivity contribution in [3.63, 3.8) is 0 Å². The van der Waals surface area contributed by atoms with Crippen molar-refractivity contribution in [3.05, 3.63) is 0 Å². The minimum Gasteiger partial charge on any atom is -0.299 e. The van der Waals surface area contributed by atoms with Crippen molar-refractivity contribution in [1.29, 1.82) is 0 Å². The van der Waals surface area contributed by atoms with Crippen molar-refractivity contribution in [2.45, 2.75) is 71.1 Å². The molecule has 0 heterocycles. The zero-order chi connectivity index (χ0) is 13.5. The summed E-state index contributed by atoms with van der Waals surface area (Å²) in [5.41, 5.74) is -0.0728. The van der Waals surface area contributed by atoms with E-state index in [0.717, 1.165) is 49.9 Å². The lowest BCUT2D eigenvalue weighted by Crippen LogP contribution is -2.50. The number of Topliss-reactive ketones (excluding diaryl/α,β-unsaturated/α-hetero) is 2. The van der Waals surface area contributed by atoms with Crippen molar-refractivity contribution in [2.24, 2.45) is 23.2 Å². The first-order chi connectivity index (χ1) is 9.11. The molecule has 4 aliphatic rings. The molecule has 0 aromatic rings. The summed E-state index contributed by atoms with van der Waals surface area (Å²) in [6.45, 7) is 2.09. The predicted molar refractivity (Wildman–Crippen MR) is 74.8 cm³/mol. The largest absolute Gasteiger partial charge is 0.299 e. The summed E-state index contributed by atoms with van der Waals surface area (Å²) in [4.78, 5) is 24.5. The molecule has 4 saturated carbocycles. The summed E-state index contributed by atoms with van der Waals surface area (Å²) in [7, 11) is 0. The van der Waals surface area contributed by atoms with E-state index < -0.39 is 0 Å². The topological polar surface area (TPSA) is 34.1 Å². The van der Waals surface area contributed by atoms with Gasteiger partial charge in [-0.2, -0.15) is 0 Å². The van der Waals surface area contributed by atoms with Gasteiger partial charge in [0.05, 0.1) is 6.42 Å². The van der Waals surface area contributed by atoms with E-state index in [4.69, 9.17) is 0 Å². The van der Waals surface area contributed by atoms with Crippen molar-refractivity contribution < 1.29 is 9.59 Å². The van der Waals surface area contributed by atoms with E-state index in [1.54, 1.807) is 0 Å². The Morgan fingerprint density at radius 3 is 2.00 bits per heavy atom. The second-order valence-electron chi connectivity index (χ2n) is 7.44. The molecule has 0 amide bonds. The van der Waals surface area contributed by atoms with E-state index in [0.29, 0.717) is 12.2 Å². The molecule has 2 nitrogen and oxygen atoms in total. The third kappa shape index (κ3) is 2.51. The molecule has 4 bridgehead atoms. The first-order valence-corrected chi connectivity index (χ1v) is 8.16. The smallest absolute Gasteiger partial charge is 0.146 e. The van der Waals surface area contributed by atoms with Crippen LogP contribution in [0.4, 0.5) is 0 Å². The Bertz CT molecular complexity index is 347. The Kier molecular flexibility index (Phi) is 3.53. The van der Waals surface area contributed by atoms with Crippen molar-refractivity contribution in [3.8, 4) is 0 Å². The SMILES string of the molecule is CCCCC(=O)CC(=O)C12CC3CC(CC(C3)C1)C2. The number of carbonyl (C=O) groups is 2. The Balaban J connectivity index is 1.64. The summed E-state index contributed by atoms with van der Waals surface area (Å²) in [6, 6.07) is 0. The average molecular weight is 262 g/mol. The number of carbonyl (C=O) groups excluding carboxylic acids is 2. The molecule has 4 rings (SSSR count). The quantitative estimate of drug-likeness (QED) is 0.680. The Morgan fingerprint density at radius 1 is 1.00 bits per heavy atom. The van der Waals surface area contributed by atoms with Crippen molar-refractivity contribution >= 4 is 11.6 Å². The van der Waals surface area contributed by atoms with E-state index >= 15 is 0 Å². The van der Waals surface area contributed by atoms with Gasteiger partial charge < -0.3 is 0 Å². The van der Waals surface area contributed by atoms with Crippen LogP contribution >= 0.6 is 0 Å². The van der Waals surface area contributed by atoms with E-state index in [1.165, 1.54) is 19.3 Å². The van der Waals surface area contributed by atoms with Crippen molar-refractivity contribution in [1.82, 2.24) is 0 Å². The van der Waals surface area contributed by atoms with Gasteiger partial charge in [0, 0.05) is 11.8 Å². The molecule has 19 heavy (non-hydrogen) atoms. The molecule has 0 aromatic heterocycles.